The van der Waals surface area contributed by atoms with Gasteiger partial charge in [-0.1, -0.05) is 39.5 Å². The van der Waals surface area contributed by atoms with Crippen LogP contribution in [0.3, 0.4) is 0 Å². The van der Waals surface area contributed by atoms with Crippen LogP contribution in [0.25, 0.3) is 0 Å². The molecule has 3 atom stereocenters. The van der Waals surface area contributed by atoms with Crippen molar-refractivity contribution in [3.05, 3.63) is 0 Å². The molecule has 0 amide bonds. The van der Waals surface area contributed by atoms with E-state index in [0.29, 0.717) is 0 Å². The Bertz CT molecular complexity index is 206. The molecule has 2 aliphatic rings. The summed E-state index contributed by atoms with van der Waals surface area (Å²) in [6, 6.07) is 0.824. The molecule has 0 spiro atoms. The van der Waals surface area contributed by atoms with E-state index >= 15 is 0 Å². The van der Waals surface area contributed by atoms with Gasteiger partial charge in [0.15, 0.2) is 0 Å². The van der Waals surface area contributed by atoms with E-state index in [0.717, 1.165) is 23.8 Å². The molecule has 0 saturated heterocycles. The fourth-order valence-electron chi connectivity index (χ4n) is 3.63. The molecule has 1 heteroatoms. The number of nitrogens with one attached hydrogen (secondary N) is 1. The highest BCUT2D eigenvalue weighted by atomic mass is 14.9. The molecule has 0 aliphatic heterocycles. The Morgan fingerprint density at radius 2 is 1.53 bits per heavy atom. The average Bonchev–Trinajstić information content (AvgIpc) is 2.59. The molecule has 1 N–H and O–H groups in total. The maximum atomic E-state index is 3.87. The van der Waals surface area contributed by atoms with Crippen LogP contribution in [0, 0.1) is 17.8 Å². The molecule has 17 heavy (non-hydrogen) atoms. The maximum Gasteiger partial charge on any atom is 0.00699 e. The van der Waals surface area contributed by atoms with Gasteiger partial charge in [0.05, 0.1) is 0 Å². The Kier molecular flexibility index (Phi) is 5.34. The van der Waals surface area contributed by atoms with E-state index in [4.69, 9.17) is 0 Å². The average molecular weight is 237 g/mol. The van der Waals surface area contributed by atoms with E-state index in [2.05, 4.69) is 19.2 Å². The SMILES string of the molecule is CC1CCC(NCC2CCCCCC2)CC1C. The molecule has 2 aliphatic carbocycles. The summed E-state index contributed by atoms with van der Waals surface area (Å²) < 4.78 is 0. The first-order valence-corrected chi connectivity index (χ1v) is 7.99. The van der Waals surface area contributed by atoms with Gasteiger partial charge in [0.1, 0.15) is 0 Å². The third-order valence-electron chi connectivity index (χ3n) is 5.27. The van der Waals surface area contributed by atoms with Crippen LogP contribution in [0.2, 0.25) is 0 Å². The largest absolute Gasteiger partial charge is 0.314 e. The molecule has 2 saturated carbocycles. The summed E-state index contributed by atoms with van der Waals surface area (Å²) in [5, 5.41) is 3.87. The first kappa shape index (κ1) is 13.4. The van der Waals surface area contributed by atoms with Crippen molar-refractivity contribution in [2.24, 2.45) is 17.8 Å². The predicted octanol–water partition coefficient (Wildman–Crippen LogP) is 4.37. The van der Waals surface area contributed by atoms with Gasteiger partial charge < -0.3 is 5.32 Å². The maximum absolute atomic E-state index is 3.87. The van der Waals surface area contributed by atoms with Gasteiger partial charge in [0, 0.05) is 6.04 Å². The number of rotatable bonds is 3. The summed E-state index contributed by atoms with van der Waals surface area (Å²) in [7, 11) is 0. The fourth-order valence-corrected chi connectivity index (χ4v) is 3.63. The predicted molar refractivity (Wildman–Crippen MR) is 75.2 cm³/mol. The van der Waals surface area contributed by atoms with Crippen LogP contribution in [0.4, 0.5) is 0 Å². The lowest BCUT2D eigenvalue weighted by Gasteiger charge is -2.33. The van der Waals surface area contributed by atoms with Gasteiger partial charge in [-0.05, 0) is 56.4 Å². The molecule has 1 nitrogen and oxygen atoms in total. The van der Waals surface area contributed by atoms with Gasteiger partial charge in [0.2, 0.25) is 0 Å². The van der Waals surface area contributed by atoms with Crippen molar-refractivity contribution in [1.29, 1.82) is 0 Å². The molecule has 100 valence electrons. The van der Waals surface area contributed by atoms with Crippen LogP contribution in [0.5, 0.6) is 0 Å². The Labute approximate surface area is 108 Å². The zero-order valence-electron chi connectivity index (χ0n) is 11.9. The Morgan fingerprint density at radius 1 is 0.824 bits per heavy atom. The van der Waals surface area contributed by atoms with E-state index in [9.17, 15) is 0 Å². The second-order valence-electron chi connectivity index (χ2n) is 6.73. The van der Waals surface area contributed by atoms with Gasteiger partial charge in [-0.25, -0.2) is 0 Å². The van der Waals surface area contributed by atoms with Crippen LogP contribution in [-0.4, -0.2) is 12.6 Å². The molecule has 0 radical (unpaired) electrons. The summed E-state index contributed by atoms with van der Waals surface area (Å²) in [5.74, 6) is 2.86. The monoisotopic (exact) mass is 237 g/mol. The van der Waals surface area contributed by atoms with Gasteiger partial charge >= 0.3 is 0 Å². The second kappa shape index (κ2) is 6.78. The van der Waals surface area contributed by atoms with Crippen molar-refractivity contribution < 1.29 is 0 Å². The molecular weight excluding hydrogens is 206 g/mol. The van der Waals surface area contributed by atoms with Crippen molar-refractivity contribution >= 4 is 0 Å². The topological polar surface area (TPSA) is 12.0 Å². The number of hydrogen-bond donors (Lipinski definition) is 1. The van der Waals surface area contributed by atoms with Gasteiger partial charge in [-0.2, -0.15) is 0 Å². The standard InChI is InChI=1S/C16H31N/c1-13-9-10-16(11-14(13)2)17-12-15-7-5-3-4-6-8-15/h13-17H,3-12H2,1-2H3. The van der Waals surface area contributed by atoms with Gasteiger partial charge in [-0.15, -0.1) is 0 Å². The molecule has 3 unspecified atom stereocenters. The molecule has 2 fully saturated rings. The lowest BCUT2D eigenvalue weighted by atomic mass is 9.79. The van der Waals surface area contributed by atoms with Crippen LogP contribution >= 0.6 is 0 Å². The third kappa shape index (κ3) is 4.28. The van der Waals surface area contributed by atoms with Crippen LogP contribution in [0.1, 0.15) is 71.6 Å². The zero-order chi connectivity index (χ0) is 12.1. The minimum absolute atomic E-state index is 0.824. The van der Waals surface area contributed by atoms with E-state index in [1.807, 2.05) is 0 Å². The van der Waals surface area contributed by atoms with Crippen molar-refractivity contribution in [3.63, 3.8) is 0 Å². The van der Waals surface area contributed by atoms with E-state index in [-0.39, 0.29) is 0 Å². The first-order chi connectivity index (χ1) is 8.25. The smallest absolute Gasteiger partial charge is 0.00699 e. The zero-order valence-corrected chi connectivity index (χ0v) is 11.9. The molecule has 0 aromatic carbocycles. The van der Waals surface area contributed by atoms with E-state index in [1.54, 1.807) is 0 Å². The second-order valence-corrected chi connectivity index (χ2v) is 6.73. The van der Waals surface area contributed by atoms with Crippen LogP contribution in [-0.2, 0) is 0 Å². The van der Waals surface area contributed by atoms with Crippen LogP contribution < -0.4 is 5.32 Å². The highest BCUT2D eigenvalue weighted by Gasteiger charge is 2.24. The minimum atomic E-state index is 0.824. The normalized spacial score (nSPS) is 36.7. The quantitative estimate of drug-likeness (QED) is 0.719. The molecular formula is C16H31N. The Hall–Kier alpha value is -0.0400. The summed E-state index contributed by atoms with van der Waals surface area (Å²) in [4.78, 5) is 0. The van der Waals surface area contributed by atoms with Crippen LogP contribution in [0.15, 0.2) is 0 Å². The summed E-state index contributed by atoms with van der Waals surface area (Å²) >= 11 is 0. The highest BCUT2D eigenvalue weighted by molar-refractivity contribution is 4.80. The summed E-state index contributed by atoms with van der Waals surface area (Å²) in [6.07, 6.45) is 13.1. The van der Waals surface area contributed by atoms with Crippen molar-refractivity contribution in [2.75, 3.05) is 6.54 Å². The fraction of sp³-hybridized carbons (Fsp3) is 1.00. The van der Waals surface area contributed by atoms with Crippen molar-refractivity contribution in [3.8, 4) is 0 Å². The van der Waals surface area contributed by atoms with Gasteiger partial charge in [-0.3, -0.25) is 0 Å². The summed E-state index contributed by atoms with van der Waals surface area (Å²) in [5.41, 5.74) is 0. The first-order valence-electron chi connectivity index (χ1n) is 7.99. The third-order valence-corrected chi connectivity index (χ3v) is 5.27. The molecule has 0 aromatic rings. The van der Waals surface area contributed by atoms with E-state index in [1.165, 1.54) is 64.3 Å². The Balaban J connectivity index is 1.67. The van der Waals surface area contributed by atoms with Gasteiger partial charge in [0.25, 0.3) is 0 Å². The minimum Gasteiger partial charge on any atom is -0.314 e. The van der Waals surface area contributed by atoms with Crippen molar-refractivity contribution in [2.45, 2.75) is 77.7 Å². The highest BCUT2D eigenvalue weighted by Crippen LogP contribution is 2.30. The molecule has 0 bridgehead atoms. The molecule has 0 heterocycles. The van der Waals surface area contributed by atoms with Crippen molar-refractivity contribution in [1.82, 2.24) is 5.32 Å². The molecule has 2 rings (SSSR count). The lowest BCUT2D eigenvalue weighted by Crippen LogP contribution is -2.38. The molecule has 0 aromatic heterocycles. The summed E-state index contributed by atoms with van der Waals surface area (Å²) in [6.45, 7) is 6.15. The lowest BCUT2D eigenvalue weighted by molar-refractivity contribution is 0.219. The number of hydrogen-bond acceptors (Lipinski definition) is 1. The Morgan fingerprint density at radius 3 is 2.18 bits per heavy atom. The van der Waals surface area contributed by atoms with E-state index < -0.39 is 0 Å².